The first-order valence-electron chi connectivity index (χ1n) is 5.33. The summed E-state index contributed by atoms with van der Waals surface area (Å²) in [7, 11) is 0. The van der Waals surface area contributed by atoms with Crippen molar-refractivity contribution in [2.45, 2.75) is 12.5 Å². The van der Waals surface area contributed by atoms with E-state index in [0.717, 1.165) is 16.9 Å². The van der Waals surface area contributed by atoms with Crippen LogP contribution in [0.5, 0.6) is 0 Å². The normalized spacial score (nSPS) is 12.7. The highest BCUT2D eigenvalue weighted by atomic mass is 32.1. The Kier molecular flexibility index (Phi) is 4.16. The zero-order valence-electron chi connectivity index (χ0n) is 9.38. The van der Waals surface area contributed by atoms with Crippen molar-refractivity contribution in [3.05, 3.63) is 40.9 Å². The van der Waals surface area contributed by atoms with E-state index in [0.29, 0.717) is 11.7 Å². The Morgan fingerprint density at radius 1 is 1.22 bits per heavy atom. The molecule has 1 heterocycles. The molecule has 1 aromatic carbocycles. The molecule has 2 rings (SSSR count). The first kappa shape index (κ1) is 12.8. The molecule has 1 unspecified atom stereocenters. The van der Waals surface area contributed by atoms with E-state index in [2.05, 4.69) is 15.5 Å². The van der Waals surface area contributed by atoms with E-state index in [1.165, 1.54) is 0 Å². The van der Waals surface area contributed by atoms with Gasteiger partial charge in [-0.3, -0.25) is 0 Å². The summed E-state index contributed by atoms with van der Waals surface area (Å²) in [5.41, 5.74) is 6.93. The van der Waals surface area contributed by atoms with Gasteiger partial charge in [0, 0.05) is 12.6 Å². The Labute approximate surface area is 107 Å². The molecule has 4 nitrogen and oxygen atoms in total. The van der Waals surface area contributed by atoms with Crippen molar-refractivity contribution in [3.63, 3.8) is 0 Å². The number of nitrogens with zero attached hydrogens (tertiary/aromatic N) is 2. The Morgan fingerprint density at radius 3 is 2.56 bits per heavy atom. The average Bonchev–Trinajstić information content (AvgIpc) is 2.86. The summed E-state index contributed by atoms with van der Waals surface area (Å²) in [5, 5.41) is 9.98. The average molecular weight is 270 g/mol. The molecule has 18 heavy (non-hydrogen) atoms. The van der Waals surface area contributed by atoms with Crippen molar-refractivity contribution in [1.29, 1.82) is 0 Å². The number of halogens is 2. The van der Waals surface area contributed by atoms with Crippen LogP contribution in [0, 0.1) is 0 Å². The summed E-state index contributed by atoms with van der Waals surface area (Å²) in [5.74, 6) is 0. The van der Waals surface area contributed by atoms with Crippen LogP contribution in [-0.2, 0) is 0 Å². The van der Waals surface area contributed by atoms with Gasteiger partial charge in [-0.2, -0.15) is 0 Å². The first-order valence-corrected chi connectivity index (χ1v) is 6.14. The van der Waals surface area contributed by atoms with E-state index in [9.17, 15) is 8.78 Å². The van der Waals surface area contributed by atoms with E-state index in [1.807, 2.05) is 30.3 Å². The van der Waals surface area contributed by atoms with Crippen LogP contribution >= 0.6 is 11.3 Å². The number of benzene rings is 1. The van der Waals surface area contributed by atoms with Crippen molar-refractivity contribution in [2.75, 3.05) is 11.9 Å². The smallest absolute Gasteiger partial charge is 0.291 e. The lowest BCUT2D eigenvalue weighted by molar-refractivity contribution is 0.150. The van der Waals surface area contributed by atoms with Crippen LogP contribution in [0.25, 0.3) is 0 Å². The van der Waals surface area contributed by atoms with Gasteiger partial charge in [-0.15, -0.1) is 10.2 Å². The fourth-order valence-electron chi connectivity index (χ4n) is 1.41. The highest BCUT2D eigenvalue weighted by molar-refractivity contribution is 7.15. The van der Waals surface area contributed by atoms with Crippen molar-refractivity contribution >= 4 is 16.5 Å². The van der Waals surface area contributed by atoms with E-state index in [1.54, 1.807) is 0 Å². The van der Waals surface area contributed by atoms with Gasteiger partial charge in [-0.1, -0.05) is 41.7 Å². The highest BCUT2D eigenvalue weighted by Gasteiger charge is 2.14. The summed E-state index contributed by atoms with van der Waals surface area (Å²) in [6.45, 7) is 0.419. The molecule has 7 heteroatoms. The summed E-state index contributed by atoms with van der Waals surface area (Å²) < 4.78 is 24.6. The molecule has 0 saturated heterocycles. The minimum atomic E-state index is -2.58. The number of anilines is 1. The van der Waals surface area contributed by atoms with Crippen LogP contribution in [0.3, 0.4) is 0 Å². The molecule has 1 atom stereocenters. The zero-order valence-corrected chi connectivity index (χ0v) is 10.2. The predicted molar refractivity (Wildman–Crippen MR) is 66.7 cm³/mol. The second-order valence-electron chi connectivity index (χ2n) is 3.64. The fraction of sp³-hybridized carbons (Fsp3) is 0.273. The van der Waals surface area contributed by atoms with Gasteiger partial charge in [-0.05, 0) is 5.56 Å². The van der Waals surface area contributed by atoms with Gasteiger partial charge in [0.05, 0.1) is 0 Å². The Morgan fingerprint density at radius 2 is 1.94 bits per heavy atom. The van der Waals surface area contributed by atoms with Gasteiger partial charge in [-0.25, -0.2) is 8.78 Å². The summed E-state index contributed by atoms with van der Waals surface area (Å²) in [4.78, 5) is 0. The monoisotopic (exact) mass is 270 g/mol. The summed E-state index contributed by atoms with van der Waals surface area (Å²) >= 11 is 0.839. The lowest BCUT2D eigenvalue weighted by Crippen LogP contribution is -2.20. The maximum absolute atomic E-state index is 12.3. The summed E-state index contributed by atoms with van der Waals surface area (Å²) in [6.07, 6.45) is -2.58. The van der Waals surface area contributed by atoms with Gasteiger partial charge in [0.25, 0.3) is 6.43 Å². The van der Waals surface area contributed by atoms with Crippen LogP contribution < -0.4 is 11.1 Å². The van der Waals surface area contributed by atoms with E-state index in [-0.39, 0.29) is 11.0 Å². The minimum absolute atomic E-state index is 0.218. The molecule has 0 fully saturated rings. The maximum atomic E-state index is 12.3. The Bertz CT molecular complexity index is 489. The molecule has 1 aromatic heterocycles. The zero-order chi connectivity index (χ0) is 13.0. The van der Waals surface area contributed by atoms with Gasteiger partial charge in [0.1, 0.15) is 0 Å². The van der Waals surface area contributed by atoms with Gasteiger partial charge >= 0.3 is 0 Å². The van der Waals surface area contributed by atoms with E-state index < -0.39 is 6.43 Å². The molecule has 0 spiro atoms. The molecule has 0 aliphatic rings. The third-order valence-electron chi connectivity index (χ3n) is 2.33. The lowest BCUT2D eigenvalue weighted by atomic mass is 10.1. The van der Waals surface area contributed by atoms with Crippen LogP contribution in [0.2, 0.25) is 0 Å². The second-order valence-corrected chi connectivity index (χ2v) is 4.65. The molecule has 2 aromatic rings. The second kappa shape index (κ2) is 5.83. The van der Waals surface area contributed by atoms with Crippen LogP contribution in [0.1, 0.15) is 23.0 Å². The number of rotatable bonds is 5. The first-order chi connectivity index (χ1) is 8.66. The molecule has 0 radical (unpaired) electrons. The quantitative estimate of drug-likeness (QED) is 0.876. The Balaban J connectivity index is 1.91. The van der Waals surface area contributed by atoms with Gasteiger partial charge in [0.2, 0.25) is 5.13 Å². The number of aromatic nitrogens is 2. The molecule has 0 bridgehead atoms. The number of hydrogen-bond donors (Lipinski definition) is 2. The van der Waals surface area contributed by atoms with E-state index in [4.69, 9.17) is 5.73 Å². The maximum Gasteiger partial charge on any atom is 0.291 e. The lowest BCUT2D eigenvalue weighted by Gasteiger charge is -2.11. The predicted octanol–water partition coefficient (Wildman–Crippen LogP) is 2.59. The van der Waals surface area contributed by atoms with E-state index >= 15 is 0 Å². The SMILES string of the molecule is NC(CNc1nnc(C(F)F)s1)c1ccccc1. The highest BCUT2D eigenvalue weighted by Crippen LogP contribution is 2.25. The van der Waals surface area contributed by atoms with Gasteiger partial charge < -0.3 is 11.1 Å². The molecule has 0 aliphatic heterocycles. The molecule has 3 N–H and O–H groups in total. The van der Waals surface area contributed by atoms with Crippen LogP contribution in [-0.4, -0.2) is 16.7 Å². The fourth-order valence-corrected chi connectivity index (χ4v) is 2.02. The molecule has 0 aliphatic carbocycles. The molecule has 0 saturated carbocycles. The molecular formula is C11H12F2N4S. The van der Waals surface area contributed by atoms with Crippen molar-refractivity contribution in [3.8, 4) is 0 Å². The van der Waals surface area contributed by atoms with Crippen molar-refractivity contribution < 1.29 is 8.78 Å². The Hall–Kier alpha value is -1.60. The molecule has 0 amide bonds. The van der Waals surface area contributed by atoms with Crippen LogP contribution in [0.15, 0.2) is 30.3 Å². The largest absolute Gasteiger partial charge is 0.358 e. The molecule has 96 valence electrons. The number of nitrogens with one attached hydrogen (secondary N) is 1. The molecular weight excluding hydrogens is 258 g/mol. The topological polar surface area (TPSA) is 63.8 Å². The van der Waals surface area contributed by atoms with Crippen molar-refractivity contribution in [2.24, 2.45) is 5.73 Å². The number of nitrogens with two attached hydrogens (primary N) is 1. The number of hydrogen-bond acceptors (Lipinski definition) is 5. The van der Waals surface area contributed by atoms with Crippen LogP contribution in [0.4, 0.5) is 13.9 Å². The summed E-state index contributed by atoms with van der Waals surface area (Å²) in [6, 6.07) is 9.31. The third-order valence-corrected chi connectivity index (χ3v) is 3.22. The van der Waals surface area contributed by atoms with Crippen molar-refractivity contribution in [1.82, 2.24) is 10.2 Å². The third kappa shape index (κ3) is 3.21. The minimum Gasteiger partial charge on any atom is -0.358 e. The number of alkyl halides is 2. The van der Waals surface area contributed by atoms with Gasteiger partial charge in [0.15, 0.2) is 5.01 Å². The standard InChI is InChI=1S/C11H12F2N4S/c12-9(13)10-16-17-11(18-10)15-6-8(14)7-4-2-1-3-5-7/h1-5,8-9H,6,14H2,(H,15,17).